The van der Waals surface area contributed by atoms with Gasteiger partial charge in [-0.05, 0) is 36.2 Å². The lowest BCUT2D eigenvalue weighted by molar-refractivity contribution is 0.104. The van der Waals surface area contributed by atoms with Crippen molar-refractivity contribution in [1.29, 1.82) is 0 Å². The molecular formula is C19H18N2O3. The van der Waals surface area contributed by atoms with E-state index < -0.39 is 0 Å². The molecule has 5 heteroatoms. The van der Waals surface area contributed by atoms with Crippen molar-refractivity contribution in [1.82, 2.24) is 10.3 Å². The maximum atomic E-state index is 12.5. The van der Waals surface area contributed by atoms with Gasteiger partial charge in [-0.1, -0.05) is 0 Å². The third-order valence-corrected chi connectivity index (χ3v) is 4.21. The fourth-order valence-corrected chi connectivity index (χ4v) is 2.99. The normalized spacial score (nSPS) is 17.6. The topological polar surface area (TPSA) is 60.5 Å². The van der Waals surface area contributed by atoms with E-state index in [1.54, 1.807) is 30.6 Å². The third-order valence-electron chi connectivity index (χ3n) is 4.21. The number of fused-ring (bicyclic) bond motifs is 2. The van der Waals surface area contributed by atoms with Crippen molar-refractivity contribution in [3.05, 3.63) is 59.4 Å². The second kappa shape index (κ2) is 6.35. The van der Waals surface area contributed by atoms with Gasteiger partial charge in [-0.2, -0.15) is 0 Å². The first-order valence-corrected chi connectivity index (χ1v) is 8.14. The van der Waals surface area contributed by atoms with Gasteiger partial charge in [0.25, 0.3) is 0 Å². The van der Waals surface area contributed by atoms with Crippen molar-refractivity contribution in [2.75, 3.05) is 19.8 Å². The highest BCUT2D eigenvalue weighted by Crippen LogP contribution is 2.36. The summed E-state index contributed by atoms with van der Waals surface area (Å²) in [4.78, 5) is 16.4. The number of carbonyl (C=O) groups is 1. The molecule has 5 nitrogen and oxygen atoms in total. The summed E-state index contributed by atoms with van der Waals surface area (Å²) in [5.41, 5.74) is 3.63. The summed E-state index contributed by atoms with van der Waals surface area (Å²) < 4.78 is 11.5. The smallest absolute Gasteiger partial charge is 0.188 e. The lowest BCUT2D eigenvalue weighted by Crippen LogP contribution is -2.23. The Morgan fingerprint density at radius 2 is 1.88 bits per heavy atom. The van der Waals surface area contributed by atoms with E-state index in [4.69, 9.17) is 9.47 Å². The molecule has 0 amide bonds. The van der Waals surface area contributed by atoms with Crippen LogP contribution in [0, 0.1) is 0 Å². The van der Waals surface area contributed by atoms with Crippen LogP contribution < -0.4 is 14.8 Å². The fourth-order valence-electron chi connectivity index (χ4n) is 2.99. The zero-order chi connectivity index (χ0) is 16.4. The van der Waals surface area contributed by atoms with Gasteiger partial charge in [0.1, 0.15) is 0 Å². The van der Waals surface area contributed by atoms with Gasteiger partial charge in [-0.3, -0.25) is 9.78 Å². The van der Waals surface area contributed by atoms with Crippen LogP contribution in [-0.4, -0.2) is 30.5 Å². The highest BCUT2D eigenvalue weighted by Gasteiger charge is 2.20. The maximum absolute atomic E-state index is 12.5. The minimum atomic E-state index is -0.0418. The van der Waals surface area contributed by atoms with Crippen molar-refractivity contribution < 1.29 is 14.3 Å². The summed E-state index contributed by atoms with van der Waals surface area (Å²) in [6.45, 7) is 2.11. The molecule has 122 valence electrons. The minimum absolute atomic E-state index is 0.0418. The van der Waals surface area contributed by atoms with Crippen molar-refractivity contribution >= 4 is 11.5 Å². The van der Waals surface area contributed by atoms with Crippen molar-refractivity contribution in [3.8, 4) is 11.5 Å². The minimum Gasteiger partial charge on any atom is -0.490 e. The van der Waals surface area contributed by atoms with Gasteiger partial charge in [-0.15, -0.1) is 0 Å². The number of aromatic nitrogens is 1. The number of rotatable bonds is 2. The number of hydrogen-bond acceptors (Lipinski definition) is 5. The number of hydrogen-bond donors (Lipinski definition) is 1. The second-order valence-electron chi connectivity index (χ2n) is 5.84. The van der Waals surface area contributed by atoms with Crippen LogP contribution in [0.1, 0.15) is 27.9 Å². The summed E-state index contributed by atoms with van der Waals surface area (Å²) >= 11 is 0. The highest BCUT2D eigenvalue weighted by atomic mass is 16.5. The third kappa shape index (κ3) is 2.85. The number of ether oxygens (including phenoxy) is 2. The number of allylic oxidation sites excluding steroid dienone is 1. The summed E-state index contributed by atoms with van der Waals surface area (Å²) in [5, 5.41) is 3.33. The van der Waals surface area contributed by atoms with Gasteiger partial charge in [0.2, 0.25) is 0 Å². The zero-order valence-electron chi connectivity index (χ0n) is 13.2. The molecule has 0 saturated carbocycles. The van der Waals surface area contributed by atoms with E-state index in [0.29, 0.717) is 18.8 Å². The highest BCUT2D eigenvalue weighted by molar-refractivity contribution is 6.08. The van der Waals surface area contributed by atoms with Gasteiger partial charge in [0, 0.05) is 48.3 Å². The number of nitrogens with one attached hydrogen (secondary N) is 1. The molecule has 0 spiro atoms. The Kier molecular flexibility index (Phi) is 3.91. The van der Waals surface area contributed by atoms with Gasteiger partial charge in [0.05, 0.1) is 13.2 Å². The monoisotopic (exact) mass is 322 g/mol. The van der Waals surface area contributed by atoms with E-state index in [1.807, 2.05) is 12.1 Å². The molecular weight excluding hydrogens is 304 g/mol. The molecule has 1 aromatic carbocycles. The lowest BCUT2D eigenvalue weighted by atomic mass is 9.96. The summed E-state index contributed by atoms with van der Waals surface area (Å²) in [7, 11) is 0. The molecule has 0 saturated heterocycles. The van der Waals surface area contributed by atoms with Crippen molar-refractivity contribution in [2.45, 2.75) is 12.8 Å². The van der Waals surface area contributed by atoms with Gasteiger partial charge >= 0.3 is 0 Å². The van der Waals surface area contributed by atoms with E-state index >= 15 is 0 Å². The molecule has 2 aliphatic rings. The van der Waals surface area contributed by atoms with Crippen LogP contribution in [0.5, 0.6) is 11.5 Å². The number of nitrogens with zero attached hydrogens (tertiary/aromatic N) is 1. The lowest BCUT2D eigenvalue weighted by Gasteiger charge is -2.23. The quantitative estimate of drug-likeness (QED) is 0.680. The Morgan fingerprint density at radius 3 is 2.67 bits per heavy atom. The van der Waals surface area contributed by atoms with Crippen LogP contribution in [0.2, 0.25) is 0 Å². The predicted molar refractivity (Wildman–Crippen MR) is 90.3 cm³/mol. The SMILES string of the molecule is O=C(C=C1NCCc2cc3c(cc21)OCCCO3)c1ccncc1. The number of carbonyl (C=O) groups excluding carboxylic acids is 1. The molecule has 0 aliphatic carbocycles. The Morgan fingerprint density at radius 1 is 1.12 bits per heavy atom. The molecule has 0 radical (unpaired) electrons. The molecule has 1 N–H and O–H groups in total. The zero-order valence-corrected chi connectivity index (χ0v) is 13.2. The van der Waals surface area contributed by atoms with E-state index in [1.165, 1.54) is 5.56 Å². The first-order chi connectivity index (χ1) is 11.8. The first-order valence-electron chi connectivity index (χ1n) is 8.14. The van der Waals surface area contributed by atoms with Crippen LogP contribution in [0.25, 0.3) is 5.70 Å². The average molecular weight is 322 g/mol. The van der Waals surface area contributed by atoms with Gasteiger partial charge in [0.15, 0.2) is 17.3 Å². The molecule has 2 aliphatic heterocycles. The summed E-state index contributed by atoms with van der Waals surface area (Å²) in [6, 6.07) is 7.46. The molecule has 4 rings (SSSR count). The summed E-state index contributed by atoms with van der Waals surface area (Å²) in [6.07, 6.45) is 6.67. The van der Waals surface area contributed by atoms with Gasteiger partial charge in [-0.25, -0.2) is 0 Å². The van der Waals surface area contributed by atoms with Crippen LogP contribution in [0.4, 0.5) is 0 Å². The van der Waals surface area contributed by atoms with Crippen molar-refractivity contribution in [2.24, 2.45) is 0 Å². The van der Waals surface area contributed by atoms with Crippen molar-refractivity contribution in [3.63, 3.8) is 0 Å². The Bertz CT molecular complexity index is 800. The molecule has 0 bridgehead atoms. The van der Waals surface area contributed by atoms with Crippen LogP contribution in [0.15, 0.2) is 42.7 Å². The van der Waals surface area contributed by atoms with E-state index in [9.17, 15) is 4.79 Å². The fraction of sp³-hybridized carbons (Fsp3) is 0.263. The summed E-state index contributed by atoms with van der Waals surface area (Å²) in [5.74, 6) is 1.50. The molecule has 24 heavy (non-hydrogen) atoms. The Hall–Kier alpha value is -2.82. The predicted octanol–water partition coefficient (Wildman–Crippen LogP) is 2.61. The average Bonchev–Trinajstić information content (AvgIpc) is 2.86. The molecule has 1 aromatic heterocycles. The molecule has 0 unspecified atom stereocenters. The first kappa shape index (κ1) is 14.8. The maximum Gasteiger partial charge on any atom is 0.188 e. The molecule has 3 heterocycles. The van der Waals surface area contributed by atoms with E-state index in [-0.39, 0.29) is 5.78 Å². The largest absolute Gasteiger partial charge is 0.490 e. The van der Waals surface area contributed by atoms with E-state index in [0.717, 1.165) is 42.1 Å². The second-order valence-corrected chi connectivity index (χ2v) is 5.84. The molecule has 0 atom stereocenters. The Labute approximate surface area is 140 Å². The van der Waals surface area contributed by atoms with Crippen LogP contribution >= 0.6 is 0 Å². The molecule has 0 fully saturated rings. The van der Waals surface area contributed by atoms with Crippen LogP contribution in [-0.2, 0) is 6.42 Å². The molecule has 2 aromatic rings. The number of pyridine rings is 1. The standard InChI is InChI=1S/C19H18N2O3/c22-17(13-2-5-20-6-3-13)12-16-15-11-19-18(23-8-1-9-24-19)10-14(15)4-7-21-16/h2-3,5-6,10-12,21H,1,4,7-9H2. The Balaban J connectivity index is 1.72. The van der Waals surface area contributed by atoms with Gasteiger partial charge < -0.3 is 14.8 Å². The number of ketones is 1. The van der Waals surface area contributed by atoms with E-state index in [2.05, 4.69) is 10.3 Å². The number of benzene rings is 1. The van der Waals surface area contributed by atoms with Crippen LogP contribution in [0.3, 0.4) is 0 Å².